The molecule has 5 heteroatoms. The fraction of sp³-hybridized carbons (Fsp3) is 0.467. The second kappa shape index (κ2) is 4.90. The van der Waals surface area contributed by atoms with Crippen LogP contribution in [-0.2, 0) is 0 Å². The van der Waals surface area contributed by atoms with Crippen LogP contribution in [0.1, 0.15) is 12.8 Å². The van der Waals surface area contributed by atoms with Gasteiger partial charge in [-0.3, -0.25) is 4.90 Å². The third-order valence-corrected chi connectivity index (χ3v) is 4.34. The zero-order chi connectivity index (χ0) is 13.4. The smallest absolute Gasteiger partial charge is 0.316 e. The Hall–Kier alpha value is -1.88. The number of nitrogens with zero attached hydrogens (tertiary/aromatic N) is 3. The van der Waals surface area contributed by atoms with Crippen LogP contribution in [0, 0.1) is 5.92 Å². The van der Waals surface area contributed by atoms with Gasteiger partial charge in [-0.15, -0.1) is 0 Å². The maximum absolute atomic E-state index is 5.97. The lowest BCUT2D eigenvalue weighted by Gasteiger charge is -2.43. The van der Waals surface area contributed by atoms with Crippen LogP contribution in [0.3, 0.4) is 0 Å². The first-order valence-electron chi connectivity index (χ1n) is 7.12. The van der Waals surface area contributed by atoms with Crippen molar-refractivity contribution in [1.29, 1.82) is 0 Å². The number of ether oxygens (including phenoxy) is 1. The second-order valence-corrected chi connectivity index (χ2v) is 5.56. The average molecular weight is 271 g/mol. The summed E-state index contributed by atoms with van der Waals surface area (Å²) in [5, 5.41) is 0. The largest absolute Gasteiger partial charge is 0.472 e. The minimum atomic E-state index is 0.247. The molecule has 104 valence electrons. The van der Waals surface area contributed by atoms with Crippen LogP contribution >= 0.6 is 0 Å². The van der Waals surface area contributed by atoms with Gasteiger partial charge >= 0.3 is 6.01 Å². The van der Waals surface area contributed by atoms with Gasteiger partial charge in [0.05, 0.1) is 12.5 Å². The van der Waals surface area contributed by atoms with Crippen molar-refractivity contribution < 1.29 is 9.15 Å². The molecule has 0 saturated carbocycles. The van der Waals surface area contributed by atoms with Gasteiger partial charge in [0.25, 0.3) is 0 Å². The van der Waals surface area contributed by atoms with E-state index in [9.17, 15) is 0 Å². The molecular weight excluding hydrogens is 254 g/mol. The summed E-state index contributed by atoms with van der Waals surface area (Å²) in [5.41, 5.74) is 1.93. The van der Waals surface area contributed by atoms with E-state index < -0.39 is 0 Å². The van der Waals surface area contributed by atoms with Crippen LogP contribution in [0.5, 0.6) is 6.01 Å². The number of hydrogen-bond donors (Lipinski definition) is 0. The Balaban J connectivity index is 1.47. The fourth-order valence-corrected chi connectivity index (χ4v) is 3.13. The summed E-state index contributed by atoms with van der Waals surface area (Å²) in [4.78, 5) is 11.1. The standard InChI is InChI=1S/C15H17N3O2/c1-4-18-5-2-11(1)14(9-18)20-15-16-7-13(8-17-15)12-3-6-19-10-12/h3,6-8,10-11,14H,1-2,4-5,9H2. The topological polar surface area (TPSA) is 51.4 Å². The zero-order valence-corrected chi connectivity index (χ0v) is 11.2. The molecule has 0 radical (unpaired) electrons. The molecule has 3 aliphatic rings. The van der Waals surface area contributed by atoms with E-state index in [4.69, 9.17) is 9.15 Å². The van der Waals surface area contributed by atoms with Crippen LogP contribution < -0.4 is 4.74 Å². The van der Waals surface area contributed by atoms with Crippen molar-refractivity contribution in [2.45, 2.75) is 18.9 Å². The summed E-state index contributed by atoms with van der Waals surface area (Å²) in [7, 11) is 0. The van der Waals surface area contributed by atoms with Crippen LogP contribution in [0.15, 0.2) is 35.4 Å². The number of piperidine rings is 3. The van der Waals surface area contributed by atoms with Crippen LogP contribution in [0.25, 0.3) is 11.1 Å². The molecule has 2 aromatic rings. The van der Waals surface area contributed by atoms with Crippen molar-refractivity contribution in [3.05, 3.63) is 31.0 Å². The van der Waals surface area contributed by atoms with Crippen molar-refractivity contribution in [3.8, 4) is 17.1 Å². The Morgan fingerprint density at radius 3 is 2.55 bits per heavy atom. The molecule has 1 unspecified atom stereocenters. The highest BCUT2D eigenvalue weighted by Gasteiger charge is 2.35. The van der Waals surface area contributed by atoms with E-state index in [2.05, 4.69) is 14.9 Å². The Labute approximate surface area is 117 Å². The van der Waals surface area contributed by atoms with E-state index in [-0.39, 0.29) is 6.10 Å². The monoisotopic (exact) mass is 271 g/mol. The highest BCUT2D eigenvalue weighted by molar-refractivity contribution is 5.59. The van der Waals surface area contributed by atoms with Crippen molar-refractivity contribution in [2.24, 2.45) is 5.92 Å². The summed E-state index contributed by atoms with van der Waals surface area (Å²) in [5.74, 6) is 0.664. The Kier molecular flexibility index (Phi) is 2.92. The van der Waals surface area contributed by atoms with Crippen LogP contribution in [0.2, 0.25) is 0 Å². The minimum absolute atomic E-state index is 0.247. The van der Waals surface area contributed by atoms with Crippen molar-refractivity contribution in [2.75, 3.05) is 19.6 Å². The Morgan fingerprint density at radius 2 is 1.95 bits per heavy atom. The molecule has 3 saturated heterocycles. The van der Waals surface area contributed by atoms with E-state index in [1.807, 2.05) is 6.07 Å². The number of rotatable bonds is 3. The SMILES string of the molecule is c1cc(-c2cnc(OC3CN4CCC3CC4)nc2)co1. The maximum Gasteiger partial charge on any atom is 0.316 e. The molecule has 5 rings (SSSR count). The Morgan fingerprint density at radius 1 is 1.15 bits per heavy atom. The lowest BCUT2D eigenvalue weighted by atomic mass is 9.86. The summed E-state index contributed by atoms with van der Waals surface area (Å²) < 4.78 is 11.0. The molecule has 0 spiro atoms. The van der Waals surface area contributed by atoms with Gasteiger partial charge in [-0.05, 0) is 37.9 Å². The van der Waals surface area contributed by atoms with Crippen molar-refractivity contribution in [3.63, 3.8) is 0 Å². The predicted octanol–water partition coefficient (Wildman–Crippen LogP) is 2.21. The second-order valence-electron chi connectivity index (χ2n) is 5.56. The third-order valence-electron chi connectivity index (χ3n) is 4.34. The summed E-state index contributed by atoms with van der Waals surface area (Å²) in [6, 6.07) is 2.38. The van der Waals surface area contributed by atoms with Gasteiger partial charge in [0, 0.05) is 30.1 Å². The molecule has 0 amide bonds. The molecule has 2 bridgehead atoms. The van der Waals surface area contributed by atoms with E-state index in [0.717, 1.165) is 17.7 Å². The molecule has 20 heavy (non-hydrogen) atoms. The maximum atomic E-state index is 5.97. The fourth-order valence-electron chi connectivity index (χ4n) is 3.13. The first-order valence-corrected chi connectivity index (χ1v) is 7.12. The molecule has 0 aliphatic carbocycles. The Bertz CT molecular complexity index is 559. The van der Waals surface area contributed by atoms with Crippen LogP contribution in [0.4, 0.5) is 0 Å². The van der Waals surface area contributed by atoms with Crippen molar-refractivity contribution in [1.82, 2.24) is 14.9 Å². The number of aromatic nitrogens is 2. The van der Waals surface area contributed by atoms with Gasteiger partial charge in [0.1, 0.15) is 6.10 Å². The lowest BCUT2D eigenvalue weighted by Crippen LogP contribution is -2.52. The normalized spacial score (nSPS) is 28.5. The minimum Gasteiger partial charge on any atom is -0.472 e. The summed E-state index contributed by atoms with van der Waals surface area (Å²) >= 11 is 0. The first kappa shape index (κ1) is 11.9. The highest BCUT2D eigenvalue weighted by atomic mass is 16.5. The van der Waals surface area contributed by atoms with Gasteiger partial charge < -0.3 is 9.15 Å². The predicted molar refractivity (Wildman–Crippen MR) is 73.3 cm³/mol. The zero-order valence-electron chi connectivity index (χ0n) is 11.2. The van der Waals surface area contributed by atoms with Crippen molar-refractivity contribution >= 4 is 0 Å². The van der Waals surface area contributed by atoms with Crippen LogP contribution in [-0.4, -0.2) is 40.6 Å². The van der Waals surface area contributed by atoms with Gasteiger partial charge in [-0.1, -0.05) is 0 Å². The molecule has 3 aliphatic heterocycles. The average Bonchev–Trinajstić information content (AvgIpc) is 3.04. The number of hydrogen-bond acceptors (Lipinski definition) is 5. The molecule has 0 aromatic carbocycles. The lowest BCUT2D eigenvalue weighted by molar-refractivity contribution is -0.0123. The van der Waals surface area contributed by atoms with Gasteiger partial charge in [0.15, 0.2) is 0 Å². The molecular formula is C15H17N3O2. The quantitative estimate of drug-likeness (QED) is 0.856. The third kappa shape index (κ3) is 2.18. The molecule has 1 atom stereocenters. The van der Waals surface area contributed by atoms with Gasteiger partial charge in [-0.25, -0.2) is 9.97 Å². The molecule has 3 fully saturated rings. The first-order chi connectivity index (χ1) is 9.88. The molecule has 0 N–H and O–H groups in total. The van der Waals surface area contributed by atoms with E-state index >= 15 is 0 Å². The van der Waals surface area contributed by atoms with E-state index in [1.165, 1.54) is 25.9 Å². The number of fused-ring (bicyclic) bond motifs is 3. The molecule has 5 nitrogen and oxygen atoms in total. The highest BCUT2D eigenvalue weighted by Crippen LogP contribution is 2.30. The van der Waals surface area contributed by atoms with E-state index in [0.29, 0.717) is 11.9 Å². The number of furan rings is 1. The molecule has 5 heterocycles. The summed E-state index contributed by atoms with van der Waals surface area (Å²) in [6.45, 7) is 3.44. The van der Waals surface area contributed by atoms with Gasteiger partial charge in [-0.2, -0.15) is 0 Å². The summed E-state index contributed by atoms with van der Waals surface area (Å²) in [6.07, 6.45) is 9.62. The van der Waals surface area contributed by atoms with Gasteiger partial charge in [0.2, 0.25) is 0 Å². The molecule has 2 aromatic heterocycles. The van der Waals surface area contributed by atoms with E-state index in [1.54, 1.807) is 24.9 Å².